The second kappa shape index (κ2) is 71.6. The second-order valence-electron chi connectivity index (χ2n) is 24.9. The Hall–Kier alpha value is -2.89. The zero-order chi connectivity index (χ0) is 59.9. The van der Waals surface area contributed by atoms with Gasteiger partial charge in [-0.05, 0) is 89.9 Å². The third-order valence-corrected chi connectivity index (χ3v) is 16.5. The van der Waals surface area contributed by atoms with Crippen LogP contribution in [0.25, 0.3) is 0 Å². The van der Waals surface area contributed by atoms with Crippen LogP contribution in [-0.2, 0) is 28.6 Å². The molecule has 0 spiro atoms. The number of allylic oxidation sites excluding steroid dienone is 10. The van der Waals surface area contributed by atoms with Gasteiger partial charge in [0.05, 0.1) is 0 Å². The molecule has 0 rings (SSSR count). The van der Waals surface area contributed by atoms with Crippen molar-refractivity contribution in [1.82, 2.24) is 0 Å². The Morgan fingerprint density at radius 1 is 0.241 bits per heavy atom. The third-order valence-electron chi connectivity index (χ3n) is 16.5. The van der Waals surface area contributed by atoms with Crippen LogP contribution in [0.1, 0.15) is 393 Å². The molecule has 484 valence electrons. The van der Waals surface area contributed by atoms with Gasteiger partial charge in [-0.1, -0.05) is 345 Å². The van der Waals surface area contributed by atoms with Crippen LogP contribution in [0.3, 0.4) is 0 Å². The molecule has 6 heteroatoms. The Morgan fingerprint density at radius 3 is 0.699 bits per heavy atom. The molecule has 0 aliphatic rings. The molecule has 1 unspecified atom stereocenters. The fraction of sp³-hybridized carbons (Fsp3) is 0.831. The van der Waals surface area contributed by atoms with Crippen molar-refractivity contribution in [3.8, 4) is 0 Å². The van der Waals surface area contributed by atoms with E-state index in [4.69, 9.17) is 14.2 Å². The SMILES string of the molecule is CCCCC/C=C\C/C=C\CCCCCCCCCC(=O)OC(COC(=O)CCCCCCCCCCCCCCCCCCC)COC(=O)CCCCCCCCCCCCCCCCCC/C=C\C/C=C\C/C=C\CCCCCCC. The van der Waals surface area contributed by atoms with E-state index in [9.17, 15) is 14.4 Å². The monoisotopic (exact) mass is 1160 g/mol. The van der Waals surface area contributed by atoms with E-state index in [0.717, 1.165) is 83.5 Å². The van der Waals surface area contributed by atoms with Gasteiger partial charge >= 0.3 is 17.9 Å². The maximum atomic E-state index is 12.9. The lowest BCUT2D eigenvalue weighted by molar-refractivity contribution is -0.167. The first-order valence-electron chi connectivity index (χ1n) is 36.8. The molecule has 83 heavy (non-hydrogen) atoms. The normalized spacial score (nSPS) is 12.4. The smallest absolute Gasteiger partial charge is 0.306 e. The van der Waals surface area contributed by atoms with Crippen molar-refractivity contribution in [3.05, 3.63) is 60.8 Å². The fourth-order valence-electron chi connectivity index (χ4n) is 11.0. The maximum absolute atomic E-state index is 12.9. The summed E-state index contributed by atoms with van der Waals surface area (Å²) in [6.07, 6.45) is 92.5. The summed E-state index contributed by atoms with van der Waals surface area (Å²) in [7, 11) is 0. The van der Waals surface area contributed by atoms with E-state index < -0.39 is 6.10 Å². The van der Waals surface area contributed by atoms with Gasteiger partial charge in [-0.2, -0.15) is 0 Å². The minimum absolute atomic E-state index is 0.0721. The Morgan fingerprint density at radius 2 is 0.434 bits per heavy atom. The van der Waals surface area contributed by atoms with E-state index in [1.165, 1.54) is 270 Å². The van der Waals surface area contributed by atoms with E-state index in [2.05, 4.69) is 81.5 Å². The minimum atomic E-state index is -0.777. The highest BCUT2D eigenvalue weighted by Crippen LogP contribution is 2.18. The zero-order valence-electron chi connectivity index (χ0n) is 55.7. The summed E-state index contributed by atoms with van der Waals surface area (Å²) in [4.78, 5) is 38.5. The van der Waals surface area contributed by atoms with E-state index in [-0.39, 0.29) is 31.1 Å². The maximum Gasteiger partial charge on any atom is 0.306 e. The predicted octanol–water partition coefficient (Wildman–Crippen LogP) is 25.5. The van der Waals surface area contributed by atoms with E-state index >= 15 is 0 Å². The molecule has 0 heterocycles. The lowest BCUT2D eigenvalue weighted by Gasteiger charge is -2.18. The quantitative estimate of drug-likeness (QED) is 0.0261. The third kappa shape index (κ3) is 69.8. The van der Waals surface area contributed by atoms with Gasteiger partial charge in [-0.25, -0.2) is 0 Å². The summed E-state index contributed by atoms with van der Waals surface area (Å²) in [6, 6.07) is 0. The number of carbonyl (C=O) groups excluding carboxylic acids is 3. The summed E-state index contributed by atoms with van der Waals surface area (Å²) in [5.41, 5.74) is 0. The van der Waals surface area contributed by atoms with Crippen molar-refractivity contribution in [3.63, 3.8) is 0 Å². The van der Waals surface area contributed by atoms with Gasteiger partial charge < -0.3 is 14.2 Å². The molecular weight excluding hydrogens is 1020 g/mol. The van der Waals surface area contributed by atoms with Crippen molar-refractivity contribution in [2.24, 2.45) is 0 Å². The summed E-state index contributed by atoms with van der Waals surface area (Å²) in [5.74, 6) is -0.853. The molecule has 0 radical (unpaired) electrons. The fourth-order valence-corrected chi connectivity index (χ4v) is 11.0. The molecule has 1 atom stereocenters. The molecule has 0 fully saturated rings. The molecule has 0 aliphatic carbocycles. The van der Waals surface area contributed by atoms with Crippen LogP contribution in [0.4, 0.5) is 0 Å². The highest BCUT2D eigenvalue weighted by Gasteiger charge is 2.19. The van der Waals surface area contributed by atoms with Crippen molar-refractivity contribution < 1.29 is 28.6 Å². The van der Waals surface area contributed by atoms with Crippen LogP contribution in [0.5, 0.6) is 0 Å². The highest BCUT2D eigenvalue weighted by atomic mass is 16.6. The average Bonchev–Trinajstić information content (AvgIpc) is 3.50. The summed E-state index contributed by atoms with van der Waals surface area (Å²) in [5, 5.41) is 0. The average molecular weight is 1160 g/mol. The molecule has 0 amide bonds. The molecule has 0 bridgehead atoms. The molecule has 0 saturated carbocycles. The van der Waals surface area contributed by atoms with Crippen LogP contribution in [0, 0.1) is 0 Å². The van der Waals surface area contributed by atoms with Gasteiger partial charge in [0.15, 0.2) is 6.10 Å². The van der Waals surface area contributed by atoms with Crippen LogP contribution in [0.15, 0.2) is 60.8 Å². The topological polar surface area (TPSA) is 78.9 Å². The molecular formula is C77H140O6. The first kappa shape index (κ1) is 80.1. The zero-order valence-corrected chi connectivity index (χ0v) is 55.7. The molecule has 0 saturated heterocycles. The molecule has 0 N–H and O–H groups in total. The first-order valence-corrected chi connectivity index (χ1v) is 36.8. The number of unbranched alkanes of at least 4 members (excludes halogenated alkanes) is 47. The van der Waals surface area contributed by atoms with Gasteiger partial charge in [0.2, 0.25) is 0 Å². The van der Waals surface area contributed by atoms with Gasteiger partial charge in [-0.3, -0.25) is 14.4 Å². The van der Waals surface area contributed by atoms with Gasteiger partial charge in [0, 0.05) is 19.3 Å². The number of ether oxygens (including phenoxy) is 3. The minimum Gasteiger partial charge on any atom is -0.462 e. The molecule has 0 aromatic heterocycles. The number of hydrogen-bond donors (Lipinski definition) is 0. The molecule has 6 nitrogen and oxygen atoms in total. The lowest BCUT2D eigenvalue weighted by atomic mass is 10.0. The van der Waals surface area contributed by atoms with Crippen molar-refractivity contribution in [2.45, 2.75) is 399 Å². The Balaban J connectivity index is 4.22. The summed E-state index contributed by atoms with van der Waals surface area (Å²) in [6.45, 7) is 6.67. The van der Waals surface area contributed by atoms with E-state index in [1.807, 2.05) is 0 Å². The van der Waals surface area contributed by atoms with Crippen LogP contribution >= 0.6 is 0 Å². The standard InChI is InChI=1S/C77H140O6/c1-4-7-10-13-16-19-22-25-28-31-32-33-34-35-36-37-38-39-40-41-42-43-44-47-49-52-55-58-61-64-67-70-76(79)82-73-74(83-77(80)71-68-65-62-59-56-53-50-46-30-27-24-21-18-15-12-9-6-3)72-81-75(78)69-66-63-60-57-54-51-48-45-29-26-23-20-17-14-11-8-5-2/h18,21-22,25,27,30-32,34-35,74H,4-17,19-20,23-24,26,28-29,33,36-73H2,1-3H3/b21-18-,25-22-,30-27-,32-31-,35-34-. The Kier molecular flexibility index (Phi) is 69.1. The summed E-state index contributed by atoms with van der Waals surface area (Å²) < 4.78 is 17.0. The Labute approximate surface area is 517 Å². The van der Waals surface area contributed by atoms with Gasteiger partial charge in [0.1, 0.15) is 13.2 Å². The van der Waals surface area contributed by atoms with Crippen LogP contribution < -0.4 is 0 Å². The van der Waals surface area contributed by atoms with Crippen LogP contribution in [-0.4, -0.2) is 37.2 Å². The van der Waals surface area contributed by atoms with Crippen molar-refractivity contribution in [2.75, 3.05) is 13.2 Å². The largest absolute Gasteiger partial charge is 0.462 e. The summed E-state index contributed by atoms with van der Waals surface area (Å²) >= 11 is 0. The molecule has 0 aromatic rings. The number of esters is 3. The molecule has 0 aliphatic heterocycles. The Bertz CT molecular complexity index is 1470. The van der Waals surface area contributed by atoms with Crippen molar-refractivity contribution in [1.29, 1.82) is 0 Å². The predicted molar refractivity (Wildman–Crippen MR) is 362 cm³/mol. The molecule has 0 aromatic carbocycles. The lowest BCUT2D eigenvalue weighted by Crippen LogP contribution is -2.30. The van der Waals surface area contributed by atoms with E-state index in [0.29, 0.717) is 19.3 Å². The first-order chi connectivity index (χ1) is 41.0. The van der Waals surface area contributed by atoms with Crippen molar-refractivity contribution >= 4 is 17.9 Å². The van der Waals surface area contributed by atoms with Crippen LogP contribution in [0.2, 0.25) is 0 Å². The van der Waals surface area contributed by atoms with E-state index in [1.54, 1.807) is 0 Å². The second-order valence-corrected chi connectivity index (χ2v) is 24.9. The number of hydrogen-bond acceptors (Lipinski definition) is 6. The number of rotatable bonds is 68. The number of carbonyl (C=O) groups is 3. The van der Waals surface area contributed by atoms with Gasteiger partial charge in [0.25, 0.3) is 0 Å². The van der Waals surface area contributed by atoms with Gasteiger partial charge in [-0.15, -0.1) is 0 Å². The highest BCUT2D eigenvalue weighted by molar-refractivity contribution is 5.71.